The first-order valence-corrected chi connectivity index (χ1v) is 6.93. The molecule has 1 saturated heterocycles. The van der Waals surface area contributed by atoms with E-state index in [0.717, 1.165) is 25.6 Å². The third-order valence-corrected chi connectivity index (χ3v) is 4.55. The Bertz CT molecular complexity index is 182. The molecule has 0 amide bonds. The van der Waals surface area contributed by atoms with Crippen LogP contribution in [0.15, 0.2) is 0 Å². The van der Waals surface area contributed by atoms with E-state index in [1.807, 2.05) is 0 Å². The number of halogens is 1. The van der Waals surface area contributed by atoms with Crippen LogP contribution < -0.4 is 0 Å². The van der Waals surface area contributed by atoms with Crippen molar-refractivity contribution in [1.82, 2.24) is 0 Å². The molecule has 0 N–H and O–H groups in total. The molecule has 2 fully saturated rings. The van der Waals surface area contributed by atoms with E-state index < -0.39 is 0 Å². The SMILES string of the molecule is CCC(OC1COCC1I)C1CCC1. The Kier molecular flexibility index (Phi) is 4.08. The van der Waals surface area contributed by atoms with Gasteiger partial charge in [-0.1, -0.05) is 35.9 Å². The Morgan fingerprint density at radius 1 is 1.43 bits per heavy atom. The van der Waals surface area contributed by atoms with Gasteiger partial charge in [0.2, 0.25) is 0 Å². The number of hydrogen-bond acceptors (Lipinski definition) is 2. The Labute approximate surface area is 99.9 Å². The summed E-state index contributed by atoms with van der Waals surface area (Å²) < 4.78 is 12.1. The van der Waals surface area contributed by atoms with Gasteiger partial charge in [0.25, 0.3) is 0 Å². The monoisotopic (exact) mass is 310 g/mol. The maximum absolute atomic E-state index is 6.14. The van der Waals surface area contributed by atoms with Crippen LogP contribution in [0.4, 0.5) is 0 Å². The lowest BCUT2D eigenvalue weighted by Gasteiger charge is -2.35. The van der Waals surface area contributed by atoms with Crippen LogP contribution in [0.3, 0.4) is 0 Å². The molecule has 1 aliphatic heterocycles. The van der Waals surface area contributed by atoms with E-state index in [1.54, 1.807) is 0 Å². The molecule has 14 heavy (non-hydrogen) atoms. The lowest BCUT2D eigenvalue weighted by Crippen LogP contribution is -2.35. The maximum Gasteiger partial charge on any atom is 0.0951 e. The van der Waals surface area contributed by atoms with Gasteiger partial charge >= 0.3 is 0 Å². The zero-order valence-electron chi connectivity index (χ0n) is 8.75. The van der Waals surface area contributed by atoms with Gasteiger partial charge in [0.1, 0.15) is 0 Å². The molecule has 0 bridgehead atoms. The van der Waals surface area contributed by atoms with Crippen LogP contribution in [0.1, 0.15) is 32.6 Å². The Balaban J connectivity index is 1.80. The highest BCUT2D eigenvalue weighted by atomic mass is 127. The minimum absolute atomic E-state index is 0.348. The van der Waals surface area contributed by atoms with Crippen LogP contribution in [0, 0.1) is 5.92 Å². The molecule has 82 valence electrons. The van der Waals surface area contributed by atoms with Crippen molar-refractivity contribution in [2.45, 2.75) is 48.7 Å². The van der Waals surface area contributed by atoms with Gasteiger partial charge in [-0.15, -0.1) is 0 Å². The molecule has 0 spiro atoms. The van der Waals surface area contributed by atoms with Crippen LogP contribution in [-0.2, 0) is 9.47 Å². The van der Waals surface area contributed by atoms with Gasteiger partial charge in [-0.2, -0.15) is 0 Å². The third-order valence-electron chi connectivity index (χ3n) is 3.39. The lowest BCUT2D eigenvalue weighted by atomic mass is 9.80. The average Bonchev–Trinajstić information content (AvgIpc) is 2.47. The van der Waals surface area contributed by atoms with Gasteiger partial charge in [0.05, 0.1) is 29.3 Å². The molecule has 3 atom stereocenters. The Morgan fingerprint density at radius 2 is 2.21 bits per heavy atom. The maximum atomic E-state index is 6.14. The smallest absolute Gasteiger partial charge is 0.0951 e. The quantitative estimate of drug-likeness (QED) is 0.587. The number of rotatable bonds is 4. The standard InChI is InChI=1S/C11H19IO2/c1-2-10(8-4-3-5-8)14-11-7-13-6-9(11)12/h8-11H,2-7H2,1H3. The summed E-state index contributed by atoms with van der Waals surface area (Å²) in [5, 5.41) is 0. The first-order valence-electron chi connectivity index (χ1n) is 5.68. The molecule has 0 aromatic rings. The van der Waals surface area contributed by atoms with Crippen molar-refractivity contribution in [2.75, 3.05) is 13.2 Å². The zero-order chi connectivity index (χ0) is 9.97. The average molecular weight is 310 g/mol. The summed E-state index contributed by atoms with van der Waals surface area (Å²) in [6, 6.07) is 0. The second-order valence-corrected chi connectivity index (χ2v) is 5.97. The fourth-order valence-electron chi connectivity index (χ4n) is 2.21. The summed E-state index contributed by atoms with van der Waals surface area (Å²) in [7, 11) is 0. The minimum atomic E-state index is 0.348. The van der Waals surface area contributed by atoms with Crippen molar-refractivity contribution in [2.24, 2.45) is 5.92 Å². The predicted octanol–water partition coefficient (Wildman–Crippen LogP) is 2.78. The molecule has 2 aliphatic rings. The molecular formula is C11H19IO2. The van der Waals surface area contributed by atoms with Gasteiger partial charge in [-0.25, -0.2) is 0 Å². The first kappa shape index (κ1) is 11.1. The van der Waals surface area contributed by atoms with E-state index in [0.29, 0.717) is 16.1 Å². The van der Waals surface area contributed by atoms with Crippen LogP contribution in [0.2, 0.25) is 0 Å². The van der Waals surface area contributed by atoms with Gasteiger partial charge in [-0.3, -0.25) is 0 Å². The van der Waals surface area contributed by atoms with E-state index >= 15 is 0 Å². The van der Waals surface area contributed by atoms with Gasteiger partial charge in [0.15, 0.2) is 0 Å². The van der Waals surface area contributed by atoms with E-state index in [4.69, 9.17) is 9.47 Å². The second kappa shape index (κ2) is 5.12. The van der Waals surface area contributed by atoms with Crippen molar-refractivity contribution < 1.29 is 9.47 Å². The minimum Gasteiger partial charge on any atom is -0.378 e. The molecule has 1 aliphatic carbocycles. The van der Waals surface area contributed by atoms with E-state index in [1.165, 1.54) is 19.3 Å². The van der Waals surface area contributed by atoms with Crippen LogP contribution in [0.25, 0.3) is 0 Å². The normalized spacial score (nSPS) is 35.6. The Hall–Kier alpha value is 0.650. The predicted molar refractivity (Wildman–Crippen MR) is 64.9 cm³/mol. The molecular weight excluding hydrogens is 291 g/mol. The lowest BCUT2D eigenvalue weighted by molar-refractivity contribution is -0.0612. The van der Waals surface area contributed by atoms with Crippen molar-refractivity contribution in [3.8, 4) is 0 Å². The summed E-state index contributed by atoms with van der Waals surface area (Å²) in [5.41, 5.74) is 0. The van der Waals surface area contributed by atoms with Crippen molar-refractivity contribution >= 4 is 22.6 Å². The number of hydrogen-bond donors (Lipinski definition) is 0. The molecule has 1 saturated carbocycles. The summed E-state index contributed by atoms with van der Waals surface area (Å²) in [5.74, 6) is 0.837. The molecule has 3 unspecified atom stereocenters. The zero-order valence-corrected chi connectivity index (χ0v) is 10.9. The molecule has 1 heterocycles. The second-order valence-electron chi connectivity index (χ2n) is 4.37. The highest BCUT2D eigenvalue weighted by Gasteiger charge is 2.33. The molecule has 0 aromatic carbocycles. The number of ether oxygens (including phenoxy) is 2. The molecule has 2 nitrogen and oxygen atoms in total. The third kappa shape index (κ3) is 2.42. The van der Waals surface area contributed by atoms with Crippen molar-refractivity contribution in [3.05, 3.63) is 0 Å². The fraction of sp³-hybridized carbons (Fsp3) is 1.00. The van der Waals surface area contributed by atoms with Gasteiger partial charge < -0.3 is 9.47 Å². The molecule has 2 rings (SSSR count). The molecule has 0 radical (unpaired) electrons. The van der Waals surface area contributed by atoms with E-state index in [-0.39, 0.29) is 0 Å². The summed E-state index contributed by atoms with van der Waals surface area (Å²) >= 11 is 2.45. The Morgan fingerprint density at radius 3 is 2.64 bits per heavy atom. The van der Waals surface area contributed by atoms with Crippen molar-refractivity contribution in [1.29, 1.82) is 0 Å². The first-order chi connectivity index (χ1) is 6.81. The fourth-order valence-corrected chi connectivity index (χ4v) is 2.84. The van der Waals surface area contributed by atoms with Crippen molar-refractivity contribution in [3.63, 3.8) is 0 Å². The topological polar surface area (TPSA) is 18.5 Å². The largest absolute Gasteiger partial charge is 0.378 e. The summed E-state index contributed by atoms with van der Waals surface area (Å²) in [6.07, 6.45) is 6.15. The number of alkyl halides is 1. The van der Waals surface area contributed by atoms with Crippen LogP contribution in [0.5, 0.6) is 0 Å². The highest BCUT2D eigenvalue weighted by molar-refractivity contribution is 14.1. The van der Waals surface area contributed by atoms with Gasteiger partial charge in [0, 0.05) is 0 Å². The van der Waals surface area contributed by atoms with E-state index in [9.17, 15) is 0 Å². The van der Waals surface area contributed by atoms with Crippen LogP contribution in [-0.4, -0.2) is 29.3 Å². The molecule has 0 aromatic heterocycles. The highest BCUT2D eigenvalue weighted by Crippen LogP contribution is 2.34. The van der Waals surface area contributed by atoms with Gasteiger partial charge in [-0.05, 0) is 25.2 Å². The van der Waals surface area contributed by atoms with Crippen LogP contribution >= 0.6 is 22.6 Å². The van der Waals surface area contributed by atoms with E-state index in [2.05, 4.69) is 29.5 Å². The summed E-state index contributed by atoms with van der Waals surface area (Å²) in [4.78, 5) is 0. The summed E-state index contributed by atoms with van der Waals surface area (Å²) in [6.45, 7) is 3.91. The molecule has 3 heteroatoms.